The third-order valence-corrected chi connectivity index (χ3v) is 4.19. The van der Waals surface area contributed by atoms with Gasteiger partial charge in [-0.1, -0.05) is 0 Å². The Balaban J connectivity index is 1.67. The molecule has 0 aliphatic carbocycles. The van der Waals surface area contributed by atoms with Crippen LogP contribution in [0.5, 0.6) is 0 Å². The first kappa shape index (κ1) is 15.8. The highest BCUT2D eigenvalue weighted by atomic mass is 19.1. The molecule has 0 saturated carbocycles. The number of pyridine rings is 2. The van der Waals surface area contributed by atoms with Crippen LogP contribution in [0.25, 0.3) is 21.9 Å². The highest BCUT2D eigenvalue weighted by Gasteiger charge is 2.09. The minimum atomic E-state index is -0.522. The van der Waals surface area contributed by atoms with E-state index in [0.717, 1.165) is 0 Å². The number of halogens is 1. The Labute approximate surface area is 145 Å². The smallest absolute Gasteiger partial charge is 0.266 e. The summed E-state index contributed by atoms with van der Waals surface area (Å²) in [5, 5.41) is 9.23. The molecule has 0 saturated heterocycles. The van der Waals surface area contributed by atoms with Crippen LogP contribution in [0.1, 0.15) is 11.4 Å². The van der Waals surface area contributed by atoms with Crippen LogP contribution in [0.15, 0.2) is 46.1 Å². The Hall–Kier alpha value is -3.73. The molecule has 128 valence electrons. The zero-order valence-electron chi connectivity index (χ0n) is 13.4. The largest absolute Gasteiger partial charge is 0.342 e. The maximum Gasteiger partial charge on any atom is 0.266 e. The monoisotopic (exact) mass is 349 g/mol. The molecule has 0 bridgehead atoms. The first-order valence-corrected chi connectivity index (χ1v) is 7.86. The lowest BCUT2D eigenvalue weighted by Crippen LogP contribution is -2.23. The van der Waals surface area contributed by atoms with E-state index in [1.807, 2.05) is 0 Å². The molecule has 3 aromatic heterocycles. The number of hydrogen-bond donors (Lipinski definition) is 2. The third-order valence-electron chi connectivity index (χ3n) is 4.19. The molecular formula is C18H12FN5O2. The predicted molar refractivity (Wildman–Crippen MR) is 93.3 cm³/mol. The lowest BCUT2D eigenvalue weighted by atomic mass is 10.2. The summed E-state index contributed by atoms with van der Waals surface area (Å²) in [5.41, 5.74) is 0.704. The van der Waals surface area contributed by atoms with E-state index < -0.39 is 5.56 Å². The lowest BCUT2D eigenvalue weighted by molar-refractivity contribution is 0.629. The van der Waals surface area contributed by atoms with Gasteiger partial charge in [-0.15, -0.1) is 0 Å². The summed E-state index contributed by atoms with van der Waals surface area (Å²) in [6.45, 7) is 0.345. The molecule has 1 aromatic carbocycles. The van der Waals surface area contributed by atoms with E-state index in [1.165, 1.54) is 22.8 Å². The van der Waals surface area contributed by atoms with E-state index in [4.69, 9.17) is 5.26 Å². The summed E-state index contributed by atoms with van der Waals surface area (Å²) < 4.78 is 14.7. The van der Waals surface area contributed by atoms with Crippen molar-refractivity contribution in [2.24, 2.45) is 0 Å². The number of H-pyrrole nitrogens is 2. The van der Waals surface area contributed by atoms with Crippen LogP contribution in [0.3, 0.4) is 0 Å². The number of nitrogens with zero attached hydrogens (tertiary/aromatic N) is 3. The van der Waals surface area contributed by atoms with Gasteiger partial charge in [0.05, 0.1) is 21.9 Å². The lowest BCUT2D eigenvalue weighted by Gasteiger charge is -2.06. The molecule has 0 fully saturated rings. The summed E-state index contributed by atoms with van der Waals surface area (Å²) in [7, 11) is 0. The zero-order valence-corrected chi connectivity index (χ0v) is 13.4. The number of aryl methyl sites for hydroxylation is 2. The van der Waals surface area contributed by atoms with Crippen molar-refractivity contribution in [2.75, 3.05) is 0 Å². The molecule has 26 heavy (non-hydrogen) atoms. The molecule has 2 N–H and O–H groups in total. The van der Waals surface area contributed by atoms with Crippen molar-refractivity contribution in [1.82, 2.24) is 19.5 Å². The van der Waals surface area contributed by atoms with Gasteiger partial charge in [-0.3, -0.25) is 9.59 Å². The predicted octanol–water partition coefficient (Wildman–Crippen LogP) is 1.82. The molecule has 3 heterocycles. The molecule has 0 atom stereocenters. The maximum atomic E-state index is 13.2. The van der Waals surface area contributed by atoms with Gasteiger partial charge in [-0.2, -0.15) is 5.26 Å². The fraction of sp³-hybridized carbons (Fsp3) is 0.111. The van der Waals surface area contributed by atoms with Crippen molar-refractivity contribution in [3.05, 3.63) is 74.4 Å². The SMILES string of the molecule is N#Cc1cc2c(=O)n(CCc3nc4ccc(F)cc4[nH]3)ccc2[nH]c1=O. The van der Waals surface area contributed by atoms with E-state index in [0.29, 0.717) is 35.3 Å². The van der Waals surface area contributed by atoms with Gasteiger partial charge in [0.1, 0.15) is 23.3 Å². The number of rotatable bonds is 3. The number of imidazole rings is 1. The topological polar surface area (TPSA) is 107 Å². The Morgan fingerprint density at radius 3 is 2.81 bits per heavy atom. The second-order valence-corrected chi connectivity index (χ2v) is 5.86. The van der Waals surface area contributed by atoms with Gasteiger partial charge in [0.25, 0.3) is 11.1 Å². The highest BCUT2D eigenvalue weighted by molar-refractivity contribution is 5.78. The maximum absolute atomic E-state index is 13.2. The van der Waals surface area contributed by atoms with Gasteiger partial charge < -0.3 is 14.5 Å². The van der Waals surface area contributed by atoms with Crippen LogP contribution in [0.2, 0.25) is 0 Å². The van der Waals surface area contributed by atoms with Crippen LogP contribution in [-0.2, 0) is 13.0 Å². The fourth-order valence-corrected chi connectivity index (χ4v) is 2.88. The molecule has 0 radical (unpaired) electrons. The van der Waals surface area contributed by atoms with Crippen molar-refractivity contribution < 1.29 is 4.39 Å². The van der Waals surface area contributed by atoms with E-state index >= 15 is 0 Å². The molecule has 0 amide bonds. The van der Waals surface area contributed by atoms with Crippen LogP contribution < -0.4 is 11.1 Å². The number of benzene rings is 1. The van der Waals surface area contributed by atoms with E-state index in [-0.39, 0.29) is 22.3 Å². The van der Waals surface area contributed by atoms with E-state index in [2.05, 4.69) is 15.0 Å². The highest BCUT2D eigenvalue weighted by Crippen LogP contribution is 2.13. The molecule has 0 spiro atoms. The number of nitrogens with one attached hydrogen (secondary N) is 2. The number of aromatic nitrogens is 4. The average molecular weight is 349 g/mol. The van der Waals surface area contributed by atoms with Crippen LogP contribution in [0.4, 0.5) is 4.39 Å². The Kier molecular flexibility index (Phi) is 3.62. The quantitative estimate of drug-likeness (QED) is 0.588. The Morgan fingerprint density at radius 2 is 2.00 bits per heavy atom. The Morgan fingerprint density at radius 1 is 1.15 bits per heavy atom. The number of aromatic amines is 2. The molecule has 8 heteroatoms. The average Bonchev–Trinajstić information content (AvgIpc) is 3.02. The van der Waals surface area contributed by atoms with Crippen LogP contribution >= 0.6 is 0 Å². The fourth-order valence-electron chi connectivity index (χ4n) is 2.88. The van der Waals surface area contributed by atoms with E-state index in [9.17, 15) is 14.0 Å². The molecule has 4 aromatic rings. The first-order chi connectivity index (χ1) is 12.5. The summed E-state index contributed by atoms with van der Waals surface area (Å²) in [6.07, 6.45) is 2.02. The van der Waals surface area contributed by atoms with Gasteiger partial charge in [-0.05, 0) is 30.3 Å². The molecule has 4 rings (SSSR count). The molecule has 7 nitrogen and oxygen atoms in total. The van der Waals surface area contributed by atoms with Crippen molar-refractivity contribution in [3.8, 4) is 6.07 Å². The minimum absolute atomic E-state index is 0.105. The number of fused-ring (bicyclic) bond motifs is 2. The summed E-state index contributed by atoms with van der Waals surface area (Å²) in [4.78, 5) is 34.2. The van der Waals surface area contributed by atoms with Crippen molar-refractivity contribution in [3.63, 3.8) is 0 Å². The Bertz CT molecular complexity index is 1310. The van der Waals surface area contributed by atoms with E-state index in [1.54, 1.807) is 24.4 Å². The first-order valence-electron chi connectivity index (χ1n) is 7.86. The molecule has 0 unspecified atom stereocenters. The van der Waals surface area contributed by atoms with Crippen LogP contribution in [0, 0.1) is 17.1 Å². The number of nitriles is 1. The summed E-state index contributed by atoms with van der Waals surface area (Å²) in [6, 6.07) is 9.00. The standard InChI is InChI=1S/C18H12FN5O2/c19-11-1-2-14-15(8-11)22-16(21-14)4-6-24-5-3-13-12(18(24)26)7-10(9-20)17(25)23-13/h1-3,5,7-8H,4,6H2,(H,21,22)(H,23,25). The van der Waals surface area contributed by atoms with Gasteiger partial charge in [0, 0.05) is 19.2 Å². The second-order valence-electron chi connectivity index (χ2n) is 5.86. The minimum Gasteiger partial charge on any atom is -0.342 e. The van der Waals surface area contributed by atoms with Gasteiger partial charge in [0.2, 0.25) is 0 Å². The van der Waals surface area contributed by atoms with Crippen molar-refractivity contribution >= 4 is 21.9 Å². The number of hydrogen-bond acceptors (Lipinski definition) is 4. The van der Waals surface area contributed by atoms with Gasteiger partial charge >= 0.3 is 0 Å². The molecule has 0 aliphatic rings. The third kappa shape index (κ3) is 2.65. The molecule has 0 aliphatic heterocycles. The molecular weight excluding hydrogens is 337 g/mol. The summed E-state index contributed by atoms with van der Waals surface area (Å²) in [5.74, 6) is 0.289. The zero-order chi connectivity index (χ0) is 18.3. The van der Waals surface area contributed by atoms with Crippen molar-refractivity contribution in [2.45, 2.75) is 13.0 Å². The second kappa shape index (κ2) is 5.97. The van der Waals surface area contributed by atoms with Crippen LogP contribution in [-0.4, -0.2) is 19.5 Å². The van der Waals surface area contributed by atoms with Gasteiger partial charge in [-0.25, -0.2) is 9.37 Å². The normalized spacial score (nSPS) is 11.1. The van der Waals surface area contributed by atoms with Crippen molar-refractivity contribution in [1.29, 1.82) is 5.26 Å². The van der Waals surface area contributed by atoms with Gasteiger partial charge in [0.15, 0.2) is 0 Å². The summed E-state index contributed by atoms with van der Waals surface area (Å²) >= 11 is 0.